The van der Waals surface area contributed by atoms with E-state index in [1.807, 2.05) is 0 Å². The van der Waals surface area contributed by atoms with Crippen molar-refractivity contribution < 1.29 is 0 Å². The average molecular weight is 753 g/mol. The molecule has 0 saturated carbocycles. The summed E-state index contributed by atoms with van der Waals surface area (Å²) >= 11 is 0. The van der Waals surface area contributed by atoms with Gasteiger partial charge in [-0.2, -0.15) is 0 Å². The summed E-state index contributed by atoms with van der Waals surface area (Å²) < 4.78 is 2.40. The maximum absolute atomic E-state index is 2.40. The summed E-state index contributed by atoms with van der Waals surface area (Å²) in [7, 11) is 0. The molecular weight excluding hydrogens is 713 g/mol. The first-order valence-corrected chi connectivity index (χ1v) is 20.4. The van der Waals surface area contributed by atoms with Crippen LogP contribution in [0, 0.1) is 6.92 Å². The number of aryl methyl sites for hydroxylation is 1. The number of para-hydroxylation sites is 3. The molecule has 0 aliphatic rings. The second kappa shape index (κ2) is 14.4. The van der Waals surface area contributed by atoms with E-state index in [-0.39, 0.29) is 0 Å². The molecule has 0 unspecified atom stereocenters. The van der Waals surface area contributed by atoms with Gasteiger partial charge in [0.2, 0.25) is 0 Å². The standard InChI is InChI=1S/C57H40N2/c1-39-16-8-14-26-53(39)59-54-27-15-13-21-47(54)52-38-43(32-37-55(52)59)40-28-33-45(34-29-40)58(44-19-6-3-7-20-44)46-35-30-42(31-36-46)57-50-24-11-9-22-48(50)56(41-17-4-2-5-18-41)49-23-10-12-25-51(49)57/h2-38H,1H3. The van der Waals surface area contributed by atoms with Crippen molar-refractivity contribution >= 4 is 60.4 Å². The lowest BCUT2D eigenvalue weighted by Crippen LogP contribution is -2.09. The van der Waals surface area contributed by atoms with Crippen LogP contribution >= 0.6 is 0 Å². The van der Waals surface area contributed by atoms with Crippen molar-refractivity contribution in [2.45, 2.75) is 6.92 Å². The molecule has 2 nitrogen and oxygen atoms in total. The molecule has 0 aliphatic heterocycles. The zero-order chi connectivity index (χ0) is 39.3. The number of hydrogen-bond acceptors (Lipinski definition) is 1. The van der Waals surface area contributed by atoms with Crippen LogP contribution in [-0.2, 0) is 0 Å². The largest absolute Gasteiger partial charge is 0.311 e. The molecule has 11 aromatic rings. The zero-order valence-electron chi connectivity index (χ0n) is 32.8. The van der Waals surface area contributed by atoms with Crippen molar-refractivity contribution in [1.29, 1.82) is 0 Å². The van der Waals surface area contributed by atoms with Crippen LogP contribution in [0.3, 0.4) is 0 Å². The highest BCUT2D eigenvalue weighted by atomic mass is 15.1. The lowest BCUT2D eigenvalue weighted by Gasteiger charge is -2.26. The van der Waals surface area contributed by atoms with E-state index in [4.69, 9.17) is 0 Å². The van der Waals surface area contributed by atoms with Crippen LogP contribution in [0.2, 0.25) is 0 Å². The predicted octanol–water partition coefficient (Wildman–Crippen LogP) is 15.9. The Morgan fingerprint density at radius 1 is 0.305 bits per heavy atom. The topological polar surface area (TPSA) is 8.17 Å². The molecule has 0 fully saturated rings. The number of hydrogen-bond donors (Lipinski definition) is 0. The van der Waals surface area contributed by atoms with Crippen LogP contribution in [0.5, 0.6) is 0 Å². The molecule has 59 heavy (non-hydrogen) atoms. The monoisotopic (exact) mass is 752 g/mol. The molecule has 2 heteroatoms. The normalized spacial score (nSPS) is 11.5. The van der Waals surface area contributed by atoms with Gasteiger partial charge in [0, 0.05) is 33.5 Å². The number of aromatic nitrogens is 1. The summed E-state index contributed by atoms with van der Waals surface area (Å²) in [5.74, 6) is 0. The first kappa shape index (κ1) is 34.6. The van der Waals surface area contributed by atoms with Gasteiger partial charge in [0.25, 0.3) is 0 Å². The molecule has 0 atom stereocenters. The number of anilines is 3. The molecule has 0 N–H and O–H groups in total. The van der Waals surface area contributed by atoms with Gasteiger partial charge >= 0.3 is 0 Å². The third-order valence-corrected chi connectivity index (χ3v) is 11.9. The molecule has 0 radical (unpaired) electrons. The van der Waals surface area contributed by atoms with Gasteiger partial charge in [0.15, 0.2) is 0 Å². The number of benzene rings is 10. The molecule has 11 rings (SSSR count). The summed E-state index contributed by atoms with van der Waals surface area (Å²) in [6, 6.07) is 81.6. The summed E-state index contributed by atoms with van der Waals surface area (Å²) in [6.45, 7) is 2.19. The van der Waals surface area contributed by atoms with Crippen molar-refractivity contribution in [3.05, 3.63) is 230 Å². The smallest absolute Gasteiger partial charge is 0.0541 e. The summed E-state index contributed by atoms with van der Waals surface area (Å²) in [5, 5.41) is 7.55. The van der Waals surface area contributed by atoms with Gasteiger partial charge in [-0.1, -0.05) is 164 Å². The van der Waals surface area contributed by atoms with Crippen LogP contribution < -0.4 is 4.90 Å². The van der Waals surface area contributed by atoms with Gasteiger partial charge < -0.3 is 9.47 Å². The Hall–Kier alpha value is -7.68. The fourth-order valence-corrected chi connectivity index (χ4v) is 9.19. The molecular formula is C57H40N2. The Balaban J connectivity index is 0.989. The first-order valence-electron chi connectivity index (χ1n) is 20.4. The molecule has 0 saturated heterocycles. The van der Waals surface area contributed by atoms with E-state index in [9.17, 15) is 0 Å². The minimum atomic E-state index is 1.10. The third-order valence-electron chi connectivity index (χ3n) is 11.9. The van der Waals surface area contributed by atoms with Crippen LogP contribution in [0.25, 0.3) is 82.4 Å². The molecule has 278 valence electrons. The molecule has 1 heterocycles. The molecule has 0 bridgehead atoms. The highest BCUT2D eigenvalue weighted by Gasteiger charge is 2.19. The van der Waals surface area contributed by atoms with Gasteiger partial charge in [0.1, 0.15) is 0 Å². The number of nitrogens with zero attached hydrogens (tertiary/aromatic N) is 2. The van der Waals surface area contributed by atoms with E-state index in [0.29, 0.717) is 0 Å². The van der Waals surface area contributed by atoms with Crippen LogP contribution in [-0.4, -0.2) is 4.57 Å². The van der Waals surface area contributed by atoms with Gasteiger partial charge in [-0.25, -0.2) is 0 Å². The van der Waals surface area contributed by atoms with E-state index < -0.39 is 0 Å². The summed E-state index contributed by atoms with van der Waals surface area (Å²) in [5.41, 5.74) is 15.6. The van der Waals surface area contributed by atoms with E-state index in [0.717, 1.165) is 17.1 Å². The molecule has 0 amide bonds. The minimum absolute atomic E-state index is 1.10. The van der Waals surface area contributed by atoms with Gasteiger partial charge in [-0.05, 0) is 128 Å². The lowest BCUT2D eigenvalue weighted by molar-refractivity contribution is 1.15. The van der Waals surface area contributed by atoms with E-state index in [1.54, 1.807) is 0 Å². The summed E-state index contributed by atoms with van der Waals surface area (Å²) in [4.78, 5) is 2.35. The fourth-order valence-electron chi connectivity index (χ4n) is 9.19. The van der Waals surface area contributed by atoms with E-state index in [1.165, 1.54) is 88.0 Å². The van der Waals surface area contributed by atoms with Crippen molar-refractivity contribution in [3.8, 4) is 39.1 Å². The summed E-state index contributed by atoms with van der Waals surface area (Å²) in [6.07, 6.45) is 0. The van der Waals surface area contributed by atoms with Crippen LogP contribution in [0.15, 0.2) is 224 Å². The average Bonchev–Trinajstić information content (AvgIpc) is 3.63. The Bertz CT molecular complexity index is 3250. The Morgan fingerprint density at radius 2 is 0.729 bits per heavy atom. The van der Waals surface area contributed by atoms with Crippen molar-refractivity contribution in [3.63, 3.8) is 0 Å². The lowest BCUT2D eigenvalue weighted by atomic mass is 9.86. The highest BCUT2D eigenvalue weighted by Crippen LogP contribution is 2.45. The SMILES string of the molecule is Cc1ccccc1-n1c2ccccc2c2cc(-c3ccc(N(c4ccccc4)c4ccc(-c5c6ccccc6c(-c6ccccc6)c6ccccc56)cc4)cc3)ccc21. The van der Waals surface area contributed by atoms with Crippen LogP contribution in [0.1, 0.15) is 5.56 Å². The van der Waals surface area contributed by atoms with E-state index >= 15 is 0 Å². The molecule has 0 aliphatic carbocycles. The fraction of sp³-hybridized carbons (Fsp3) is 0.0175. The Morgan fingerprint density at radius 3 is 1.32 bits per heavy atom. The Labute approximate surface area is 344 Å². The predicted molar refractivity (Wildman–Crippen MR) is 252 cm³/mol. The van der Waals surface area contributed by atoms with Crippen molar-refractivity contribution in [1.82, 2.24) is 4.57 Å². The zero-order valence-corrected chi connectivity index (χ0v) is 32.8. The van der Waals surface area contributed by atoms with Gasteiger partial charge in [-0.15, -0.1) is 0 Å². The first-order chi connectivity index (χ1) is 29.2. The second-order valence-corrected chi connectivity index (χ2v) is 15.3. The van der Waals surface area contributed by atoms with E-state index in [2.05, 4.69) is 241 Å². The quantitative estimate of drug-likeness (QED) is 0.147. The van der Waals surface area contributed by atoms with Gasteiger partial charge in [0.05, 0.1) is 11.0 Å². The maximum Gasteiger partial charge on any atom is 0.0541 e. The molecule has 10 aromatic carbocycles. The third kappa shape index (κ3) is 5.88. The molecule has 1 aromatic heterocycles. The second-order valence-electron chi connectivity index (χ2n) is 15.3. The maximum atomic E-state index is 2.40. The number of fused-ring (bicyclic) bond motifs is 5. The minimum Gasteiger partial charge on any atom is -0.311 e. The van der Waals surface area contributed by atoms with Crippen molar-refractivity contribution in [2.75, 3.05) is 4.90 Å². The number of rotatable bonds is 7. The van der Waals surface area contributed by atoms with Crippen molar-refractivity contribution in [2.24, 2.45) is 0 Å². The Kier molecular flexibility index (Phi) is 8.41. The van der Waals surface area contributed by atoms with Crippen LogP contribution in [0.4, 0.5) is 17.1 Å². The molecule has 0 spiro atoms. The highest BCUT2D eigenvalue weighted by molar-refractivity contribution is 6.21. The van der Waals surface area contributed by atoms with Gasteiger partial charge in [-0.3, -0.25) is 0 Å².